The molecule has 3 rings (SSSR count). The highest BCUT2D eigenvalue weighted by Gasteiger charge is 2.10. The van der Waals surface area contributed by atoms with Crippen LogP contribution in [0.1, 0.15) is 42.3 Å². The molecule has 0 atom stereocenters. The summed E-state index contributed by atoms with van der Waals surface area (Å²) in [4.78, 5) is 17.0. The topological polar surface area (TPSA) is 42.0 Å². The van der Waals surface area contributed by atoms with Gasteiger partial charge < -0.3 is 5.32 Å². The normalized spacial score (nSPS) is 10.9. The molecule has 0 unspecified atom stereocenters. The quantitative estimate of drug-likeness (QED) is 0.651. The number of rotatable bonds is 2. The molecule has 26 heavy (non-hydrogen) atoms. The first-order valence-corrected chi connectivity index (χ1v) is 8.62. The zero-order chi connectivity index (χ0) is 18.7. The second-order valence-corrected chi connectivity index (χ2v) is 7.40. The number of benzene rings is 2. The van der Waals surface area contributed by atoms with Crippen LogP contribution in [0.3, 0.4) is 0 Å². The van der Waals surface area contributed by atoms with Crippen molar-refractivity contribution in [2.45, 2.75) is 27.7 Å². The summed E-state index contributed by atoms with van der Waals surface area (Å²) in [5, 5.41) is 3.92. The minimum atomic E-state index is -0.144. The summed E-state index contributed by atoms with van der Waals surface area (Å²) < 4.78 is 0. The molecule has 0 aliphatic rings. The van der Waals surface area contributed by atoms with Gasteiger partial charge in [-0.1, -0.05) is 30.0 Å². The van der Waals surface area contributed by atoms with E-state index in [9.17, 15) is 4.79 Å². The zero-order valence-corrected chi connectivity index (χ0v) is 15.6. The molecule has 0 aliphatic carbocycles. The Morgan fingerprint density at radius 1 is 1.08 bits per heavy atom. The van der Waals surface area contributed by atoms with E-state index < -0.39 is 0 Å². The number of anilines is 1. The molecule has 0 saturated carbocycles. The summed E-state index contributed by atoms with van der Waals surface area (Å²) in [5.41, 5.74) is 4.00. The van der Waals surface area contributed by atoms with Gasteiger partial charge in [-0.3, -0.25) is 9.78 Å². The van der Waals surface area contributed by atoms with E-state index in [1.54, 1.807) is 6.20 Å². The van der Waals surface area contributed by atoms with Crippen molar-refractivity contribution in [3.63, 3.8) is 0 Å². The lowest BCUT2D eigenvalue weighted by molar-refractivity contribution is 0.102. The van der Waals surface area contributed by atoms with E-state index in [-0.39, 0.29) is 11.3 Å². The van der Waals surface area contributed by atoms with Gasteiger partial charge >= 0.3 is 0 Å². The monoisotopic (exact) mass is 342 g/mol. The molecular weight excluding hydrogens is 320 g/mol. The average molecular weight is 342 g/mol. The number of para-hydroxylation sites is 1. The molecular formula is C23H22N2O. The van der Waals surface area contributed by atoms with Crippen molar-refractivity contribution < 1.29 is 4.79 Å². The standard InChI is InChI=1S/C23H22N2O/c1-16-13-17(11-12-23(2,3)4)9-10-20(16)22(26)25-19-14-18-7-5-6-8-21(18)24-15-19/h5-10,13-15H,1-4H3,(H,25,26). The Morgan fingerprint density at radius 2 is 1.85 bits per heavy atom. The fraction of sp³-hybridized carbons (Fsp3) is 0.217. The molecule has 2 aromatic carbocycles. The number of aromatic nitrogens is 1. The molecule has 0 bridgehead atoms. The van der Waals surface area contributed by atoms with Gasteiger partial charge in [0.25, 0.3) is 5.91 Å². The Bertz CT molecular complexity index is 1030. The summed E-state index contributed by atoms with van der Waals surface area (Å²) >= 11 is 0. The molecule has 130 valence electrons. The van der Waals surface area contributed by atoms with Gasteiger partial charge in [-0.25, -0.2) is 0 Å². The Hall–Kier alpha value is -3.12. The summed E-state index contributed by atoms with van der Waals surface area (Å²) in [6.07, 6.45) is 1.68. The van der Waals surface area contributed by atoms with Crippen molar-refractivity contribution in [2.24, 2.45) is 5.41 Å². The Balaban J connectivity index is 1.81. The largest absolute Gasteiger partial charge is 0.321 e. The smallest absolute Gasteiger partial charge is 0.255 e. The van der Waals surface area contributed by atoms with Crippen LogP contribution in [0.15, 0.2) is 54.7 Å². The lowest BCUT2D eigenvalue weighted by atomic mass is 9.97. The zero-order valence-electron chi connectivity index (χ0n) is 15.6. The van der Waals surface area contributed by atoms with E-state index >= 15 is 0 Å². The van der Waals surface area contributed by atoms with E-state index in [0.717, 1.165) is 22.0 Å². The van der Waals surface area contributed by atoms with Gasteiger partial charge in [-0.15, -0.1) is 0 Å². The molecule has 1 amide bonds. The number of aryl methyl sites for hydroxylation is 1. The van der Waals surface area contributed by atoms with Gasteiger partial charge in [-0.05, 0) is 63.6 Å². The molecule has 1 N–H and O–H groups in total. The SMILES string of the molecule is Cc1cc(C#CC(C)(C)C)ccc1C(=O)Nc1cnc2ccccc2c1. The first-order valence-electron chi connectivity index (χ1n) is 8.62. The fourth-order valence-corrected chi connectivity index (χ4v) is 2.59. The second kappa shape index (κ2) is 7.01. The number of carbonyl (C=O) groups is 1. The minimum Gasteiger partial charge on any atom is -0.321 e. The van der Waals surface area contributed by atoms with Crippen LogP contribution in [-0.4, -0.2) is 10.9 Å². The van der Waals surface area contributed by atoms with Crippen LogP contribution < -0.4 is 5.32 Å². The van der Waals surface area contributed by atoms with Gasteiger partial charge in [0.2, 0.25) is 0 Å². The Labute approximate surface area is 154 Å². The van der Waals surface area contributed by atoms with Crippen LogP contribution in [0.25, 0.3) is 10.9 Å². The molecule has 0 spiro atoms. The molecule has 3 nitrogen and oxygen atoms in total. The highest BCUT2D eigenvalue weighted by Crippen LogP contribution is 2.18. The molecule has 3 aromatic rings. The number of nitrogens with zero attached hydrogens (tertiary/aromatic N) is 1. The maximum absolute atomic E-state index is 12.6. The number of fused-ring (bicyclic) bond motifs is 1. The van der Waals surface area contributed by atoms with Crippen molar-refractivity contribution in [2.75, 3.05) is 5.32 Å². The van der Waals surface area contributed by atoms with Gasteiger partial charge in [0.15, 0.2) is 0 Å². The van der Waals surface area contributed by atoms with E-state index in [2.05, 4.69) is 42.9 Å². The van der Waals surface area contributed by atoms with Crippen molar-refractivity contribution in [1.82, 2.24) is 4.98 Å². The third-order valence-electron chi connectivity index (χ3n) is 3.90. The lowest BCUT2D eigenvalue weighted by Crippen LogP contribution is -2.13. The molecule has 0 saturated heterocycles. The molecule has 0 radical (unpaired) electrons. The van der Waals surface area contributed by atoms with Crippen molar-refractivity contribution >= 4 is 22.5 Å². The summed E-state index contributed by atoms with van der Waals surface area (Å²) in [7, 11) is 0. The number of carbonyl (C=O) groups excluding carboxylic acids is 1. The van der Waals surface area contributed by atoms with Crippen LogP contribution in [0.5, 0.6) is 0 Å². The highest BCUT2D eigenvalue weighted by molar-refractivity contribution is 6.05. The van der Waals surface area contributed by atoms with Crippen LogP contribution in [-0.2, 0) is 0 Å². The van der Waals surface area contributed by atoms with Crippen LogP contribution in [0.4, 0.5) is 5.69 Å². The van der Waals surface area contributed by atoms with Crippen LogP contribution >= 0.6 is 0 Å². The van der Waals surface area contributed by atoms with E-state index in [1.807, 2.05) is 55.5 Å². The maximum atomic E-state index is 12.6. The Kier molecular flexibility index (Phi) is 4.77. The molecule has 3 heteroatoms. The number of hydrogen-bond acceptors (Lipinski definition) is 2. The highest BCUT2D eigenvalue weighted by atomic mass is 16.1. The second-order valence-electron chi connectivity index (χ2n) is 7.40. The maximum Gasteiger partial charge on any atom is 0.255 e. The number of amides is 1. The summed E-state index contributed by atoms with van der Waals surface area (Å²) in [5.74, 6) is 6.24. The third kappa shape index (κ3) is 4.29. The van der Waals surface area contributed by atoms with Gasteiger partial charge in [-0.2, -0.15) is 0 Å². The van der Waals surface area contributed by atoms with Crippen LogP contribution in [0, 0.1) is 24.2 Å². The third-order valence-corrected chi connectivity index (χ3v) is 3.90. The number of hydrogen-bond donors (Lipinski definition) is 1. The molecule has 0 fully saturated rings. The summed E-state index contributed by atoms with van der Waals surface area (Å²) in [6.45, 7) is 8.15. The van der Waals surface area contributed by atoms with E-state index in [4.69, 9.17) is 0 Å². The predicted octanol–water partition coefficient (Wildman–Crippen LogP) is 5.19. The number of pyridine rings is 1. The average Bonchev–Trinajstić information content (AvgIpc) is 2.59. The van der Waals surface area contributed by atoms with E-state index in [0.29, 0.717) is 11.3 Å². The Morgan fingerprint density at radius 3 is 2.58 bits per heavy atom. The first kappa shape index (κ1) is 17.7. The number of nitrogens with one attached hydrogen (secondary N) is 1. The molecule has 0 aliphatic heterocycles. The minimum absolute atomic E-state index is 0.0486. The van der Waals surface area contributed by atoms with Crippen molar-refractivity contribution in [3.05, 3.63) is 71.4 Å². The van der Waals surface area contributed by atoms with Crippen molar-refractivity contribution in [3.8, 4) is 11.8 Å². The van der Waals surface area contributed by atoms with Gasteiger partial charge in [0.05, 0.1) is 17.4 Å². The van der Waals surface area contributed by atoms with Crippen molar-refractivity contribution in [1.29, 1.82) is 0 Å². The molecule has 1 aromatic heterocycles. The van der Waals surface area contributed by atoms with Gasteiger partial charge in [0, 0.05) is 21.9 Å². The predicted molar refractivity (Wildman–Crippen MR) is 107 cm³/mol. The first-order chi connectivity index (χ1) is 12.3. The van der Waals surface area contributed by atoms with Gasteiger partial charge in [0.1, 0.15) is 0 Å². The summed E-state index contributed by atoms with van der Waals surface area (Å²) in [6, 6.07) is 15.4. The fourth-order valence-electron chi connectivity index (χ4n) is 2.59. The van der Waals surface area contributed by atoms with Crippen LogP contribution in [0.2, 0.25) is 0 Å². The lowest BCUT2D eigenvalue weighted by Gasteiger charge is -2.09. The molecule has 1 heterocycles. The van der Waals surface area contributed by atoms with E-state index in [1.165, 1.54) is 0 Å².